The Labute approximate surface area is 280 Å². The summed E-state index contributed by atoms with van der Waals surface area (Å²) in [6, 6.07) is 5.69. The minimum Gasteiger partial charge on any atom is -0.496 e. The van der Waals surface area contributed by atoms with Crippen molar-refractivity contribution in [1.29, 1.82) is 0 Å². The van der Waals surface area contributed by atoms with Gasteiger partial charge in [0.25, 0.3) is 15.7 Å². The lowest BCUT2D eigenvalue weighted by Crippen LogP contribution is -2.48. The number of nitrogens with zero attached hydrogens (tertiary/aromatic N) is 2. The third-order valence-electron chi connectivity index (χ3n) is 8.64. The third kappa shape index (κ3) is 7.89. The first-order valence-corrected chi connectivity index (χ1v) is 17.0. The Morgan fingerprint density at radius 2 is 1.78 bits per heavy atom. The molecule has 2 fully saturated rings. The fraction of sp³-hybridized carbons (Fsp3) is 0.455. The van der Waals surface area contributed by atoms with Crippen molar-refractivity contribution < 1.29 is 49.8 Å². The molecular weight excluding hydrogens is 672 g/mol. The second-order valence-corrected chi connectivity index (χ2v) is 15.2. The lowest BCUT2D eigenvalue weighted by molar-refractivity contribution is -0.155. The summed E-state index contributed by atoms with van der Waals surface area (Å²) >= 11 is 0. The molecule has 2 aromatic carbocycles. The molecule has 16 heteroatoms. The molecule has 0 aliphatic heterocycles. The van der Waals surface area contributed by atoms with Crippen molar-refractivity contribution in [2.75, 3.05) is 12.4 Å². The lowest BCUT2D eigenvalue weighted by atomic mass is 9.83. The second kappa shape index (κ2) is 13.4. The van der Waals surface area contributed by atoms with Gasteiger partial charge < -0.3 is 20.1 Å². The van der Waals surface area contributed by atoms with Gasteiger partial charge in [0.05, 0.1) is 29.7 Å². The van der Waals surface area contributed by atoms with Crippen molar-refractivity contribution in [3.8, 4) is 5.75 Å². The van der Waals surface area contributed by atoms with Crippen molar-refractivity contribution in [3.05, 3.63) is 71.3 Å². The average molecular weight is 709 g/mol. The number of ether oxygens (including phenoxy) is 2. The summed E-state index contributed by atoms with van der Waals surface area (Å²) in [6.45, 7) is 5.08. The number of nitrogens with one attached hydrogen (secondary N) is 2. The number of halogens is 4. The maximum Gasteiger partial charge on any atom is 0.501 e. The maximum atomic E-state index is 15.2. The molecule has 1 aromatic heterocycles. The van der Waals surface area contributed by atoms with E-state index in [-0.39, 0.29) is 47.4 Å². The molecule has 2 bridgehead atoms. The van der Waals surface area contributed by atoms with Crippen LogP contribution in [0.3, 0.4) is 0 Å². The van der Waals surface area contributed by atoms with Crippen LogP contribution in [0.25, 0.3) is 0 Å². The van der Waals surface area contributed by atoms with Gasteiger partial charge in [-0.25, -0.2) is 12.8 Å². The second-order valence-electron chi connectivity index (χ2n) is 13.3. The molecule has 1 heterocycles. The van der Waals surface area contributed by atoms with E-state index in [0.29, 0.717) is 18.4 Å². The molecule has 2 amide bonds. The fourth-order valence-electron chi connectivity index (χ4n) is 6.60. The van der Waals surface area contributed by atoms with Crippen LogP contribution in [-0.2, 0) is 37.1 Å². The number of alkyl halides is 3. The van der Waals surface area contributed by atoms with Gasteiger partial charge in [-0.3, -0.25) is 19.1 Å². The van der Waals surface area contributed by atoms with Crippen LogP contribution in [0.4, 0.5) is 23.2 Å². The minimum absolute atomic E-state index is 0.0204. The predicted octanol–water partition coefficient (Wildman–Crippen LogP) is 5.04. The zero-order chi connectivity index (χ0) is 35.9. The number of hydrogen-bond donors (Lipinski definition) is 2. The van der Waals surface area contributed by atoms with E-state index in [4.69, 9.17) is 9.47 Å². The Kier molecular flexibility index (Phi) is 9.83. The molecule has 11 nitrogen and oxygen atoms in total. The Morgan fingerprint density at radius 1 is 1.06 bits per heavy atom. The number of rotatable bonds is 10. The van der Waals surface area contributed by atoms with Crippen LogP contribution in [-0.4, -0.2) is 60.2 Å². The van der Waals surface area contributed by atoms with E-state index in [9.17, 15) is 36.0 Å². The van der Waals surface area contributed by atoms with Gasteiger partial charge >= 0.3 is 11.5 Å². The molecular formula is C33H36F4N4O7S. The first kappa shape index (κ1) is 35.8. The zero-order valence-electron chi connectivity index (χ0n) is 27.1. The van der Waals surface area contributed by atoms with Crippen molar-refractivity contribution in [1.82, 2.24) is 15.1 Å². The number of benzene rings is 2. The van der Waals surface area contributed by atoms with E-state index in [2.05, 4.69) is 15.7 Å². The van der Waals surface area contributed by atoms with Crippen LogP contribution < -0.4 is 15.4 Å². The monoisotopic (exact) mass is 708 g/mol. The largest absolute Gasteiger partial charge is 0.501 e. The standard InChI is InChI=1S/C33H36F4N4O7S/c1-32(2,3)48-27(42)17-41-16-18(15-38-41)10-21-12-24(26(47-4)14-25(21)34)30(43)40-29-20-9-8-19(11-20)28(29)31(44)39-22-6-5-7-23(13-22)49(45,46)33(35,36)37/h5-7,12-16,19-20,28-29H,8-11,17H2,1-4H3,(H,39,44)(H,40,43)/t19-,20+,28+,29-/m1/s1. The smallest absolute Gasteiger partial charge is 0.496 e. The third-order valence-corrected chi connectivity index (χ3v) is 10.1. The van der Waals surface area contributed by atoms with Gasteiger partial charge in [0, 0.05) is 30.4 Å². The number of fused-ring (bicyclic) bond motifs is 2. The number of esters is 1. The number of methoxy groups -OCH3 is 1. The van der Waals surface area contributed by atoms with Crippen LogP contribution in [0.5, 0.6) is 5.75 Å². The topological polar surface area (TPSA) is 146 Å². The van der Waals surface area contributed by atoms with E-state index >= 15 is 4.39 Å². The van der Waals surface area contributed by atoms with Crippen LogP contribution >= 0.6 is 0 Å². The Morgan fingerprint density at radius 3 is 2.45 bits per heavy atom. The number of aromatic nitrogens is 2. The Hall–Kier alpha value is -4.47. The summed E-state index contributed by atoms with van der Waals surface area (Å²) in [5.41, 5.74) is -5.58. The fourth-order valence-corrected chi connectivity index (χ4v) is 7.40. The molecule has 2 aliphatic carbocycles. The summed E-state index contributed by atoms with van der Waals surface area (Å²) in [7, 11) is -4.35. The van der Waals surface area contributed by atoms with Crippen LogP contribution in [0.1, 0.15) is 61.5 Å². The molecule has 2 saturated carbocycles. The van der Waals surface area contributed by atoms with Crippen molar-refractivity contribution in [2.45, 2.75) is 75.0 Å². The SMILES string of the molecule is COc1cc(F)c(Cc2cnn(CC(=O)OC(C)(C)C)c2)cc1C(=O)N[C@@H]1[C@H]2CC[C@H](C2)[C@@H]1C(=O)Nc1cccc(S(=O)(=O)C(F)(F)F)c1. The highest BCUT2D eigenvalue weighted by Crippen LogP contribution is 2.49. The van der Waals surface area contributed by atoms with Gasteiger partial charge in [-0.2, -0.15) is 18.3 Å². The number of carbonyl (C=O) groups is 3. The van der Waals surface area contributed by atoms with Crippen molar-refractivity contribution in [3.63, 3.8) is 0 Å². The first-order valence-electron chi connectivity index (χ1n) is 15.5. The normalized spacial score (nSPS) is 20.6. The van der Waals surface area contributed by atoms with Gasteiger partial charge in [0.15, 0.2) is 0 Å². The Balaban J connectivity index is 1.32. The van der Waals surface area contributed by atoms with E-state index in [1.165, 1.54) is 30.1 Å². The Bertz CT molecular complexity index is 1870. The first-order chi connectivity index (χ1) is 22.9. The molecule has 0 saturated heterocycles. The molecule has 0 unspecified atom stereocenters. The number of anilines is 1. The van der Waals surface area contributed by atoms with E-state index in [1.807, 2.05) is 0 Å². The maximum absolute atomic E-state index is 15.2. The molecule has 5 rings (SSSR count). The molecule has 264 valence electrons. The lowest BCUT2D eigenvalue weighted by Gasteiger charge is -2.31. The summed E-state index contributed by atoms with van der Waals surface area (Å²) in [5.74, 6) is -3.31. The summed E-state index contributed by atoms with van der Waals surface area (Å²) < 4.78 is 90.3. The molecule has 4 atom stereocenters. The number of hydrogen-bond acceptors (Lipinski definition) is 8. The van der Waals surface area contributed by atoms with Crippen LogP contribution in [0, 0.1) is 23.6 Å². The quantitative estimate of drug-likeness (QED) is 0.220. The zero-order valence-corrected chi connectivity index (χ0v) is 28.0. The highest BCUT2D eigenvalue weighted by atomic mass is 32.2. The van der Waals surface area contributed by atoms with Crippen LogP contribution in [0.2, 0.25) is 0 Å². The van der Waals surface area contributed by atoms with Crippen molar-refractivity contribution in [2.24, 2.45) is 17.8 Å². The highest BCUT2D eigenvalue weighted by Gasteiger charge is 2.52. The van der Waals surface area contributed by atoms with Crippen molar-refractivity contribution >= 4 is 33.3 Å². The average Bonchev–Trinajstić information content (AvgIpc) is 3.73. The molecule has 2 N–H and O–H groups in total. The van der Waals surface area contributed by atoms with E-state index in [0.717, 1.165) is 30.7 Å². The van der Waals surface area contributed by atoms with Gasteiger partial charge in [-0.1, -0.05) is 6.07 Å². The van der Waals surface area contributed by atoms with Gasteiger partial charge in [-0.05, 0) is 87.3 Å². The summed E-state index contributed by atoms with van der Waals surface area (Å²) in [6.07, 6.45) is 5.14. The predicted molar refractivity (Wildman–Crippen MR) is 168 cm³/mol. The number of sulfone groups is 1. The van der Waals surface area contributed by atoms with Crippen LogP contribution in [0.15, 0.2) is 53.7 Å². The number of carbonyl (C=O) groups excluding carboxylic acids is 3. The molecule has 49 heavy (non-hydrogen) atoms. The molecule has 0 radical (unpaired) electrons. The number of amides is 2. The summed E-state index contributed by atoms with van der Waals surface area (Å²) in [5, 5.41) is 9.59. The van der Waals surface area contributed by atoms with Gasteiger partial charge in [0.2, 0.25) is 5.91 Å². The molecule has 3 aromatic rings. The molecule has 2 aliphatic rings. The van der Waals surface area contributed by atoms with E-state index < -0.39 is 61.4 Å². The van der Waals surface area contributed by atoms with E-state index in [1.54, 1.807) is 27.0 Å². The summed E-state index contributed by atoms with van der Waals surface area (Å²) in [4.78, 5) is 38.4. The van der Waals surface area contributed by atoms with Gasteiger partial charge in [0.1, 0.15) is 23.7 Å². The molecule has 0 spiro atoms. The highest BCUT2D eigenvalue weighted by molar-refractivity contribution is 7.92. The minimum atomic E-state index is -5.63. The van der Waals surface area contributed by atoms with Gasteiger partial charge in [-0.15, -0.1) is 0 Å².